The van der Waals surface area contributed by atoms with Crippen LogP contribution in [0.2, 0.25) is 0 Å². The van der Waals surface area contributed by atoms with Crippen LogP contribution < -0.4 is 11.1 Å². The van der Waals surface area contributed by atoms with Crippen molar-refractivity contribution in [1.82, 2.24) is 10.2 Å². The summed E-state index contributed by atoms with van der Waals surface area (Å²) in [5.41, 5.74) is 6.12. The molecule has 1 atom stereocenters. The van der Waals surface area contributed by atoms with Gasteiger partial charge in [0.15, 0.2) is 0 Å². The maximum atomic E-state index is 12.2. The van der Waals surface area contributed by atoms with E-state index in [1.807, 2.05) is 6.92 Å². The van der Waals surface area contributed by atoms with E-state index in [0.717, 1.165) is 45.3 Å². The van der Waals surface area contributed by atoms with Gasteiger partial charge in [0.2, 0.25) is 5.91 Å². The predicted molar refractivity (Wildman–Crippen MR) is 85.3 cm³/mol. The first-order valence-electron chi connectivity index (χ1n) is 8.41. The Hall–Kier alpha value is -1.10. The van der Waals surface area contributed by atoms with Crippen LogP contribution >= 0.6 is 0 Å². The van der Waals surface area contributed by atoms with E-state index in [0.29, 0.717) is 17.7 Å². The number of nitrogens with one attached hydrogen (secondary N) is 2. The highest BCUT2D eigenvalue weighted by molar-refractivity contribution is 5.81. The fourth-order valence-corrected chi connectivity index (χ4v) is 3.54. The Bertz CT molecular complexity index is 357. The van der Waals surface area contributed by atoms with Crippen molar-refractivity contribution in [2.24, 2.45) is 17.6 Å². The minimum atomic E-state index is -0.325. The summed E-state index contributed by atoms with van der Waals surface area (Å²) in [5, 5.41) is 10.7. The quantitative estimate of drug-likeness (QED) is 0.545. The molecule has 4 N–H and O–H groups in total. The molecule has 21 heavy (non-hydrogen) atoms. The van der Waals surface area contributed by atoms with Crippen molar-refractivity contribution in [2.45, 2.75) is 57.9 Å². The first kappa shape index (κ1) is 16.3. The van der Waals surface area contributed by atoms with Crippen molar-refractivity contribution in [2.75, 3.05) is 19.6 Å². The van der Waals surface area contributed by atoms with Crippen LogP contribution in [0.4, 0.5) is 0 Å². The van der Waals surface area contributed by atoms with Crippen LogP contribution in [-0.4, -0.2) is 42.3 Å². The standard InChI is InChI=1S/C16H30N4O/c1-12(17)20-9-7-13(8-10-20)11-19-16(21)15(18)14-5-3-2-4-6-14/h13-15,17H,2-11,18H2,1H3,(H,19,21)/t15-/m0/s1. The lowest BCUT2D eigenvalue weighted by molar-refractivity contribution is -0.124. The van der Waals surface area contributed by atoms with Crippen molar-refractivity contribution >= 4 is 11.7 Å². The van der Waals surface area contributed by atoms with Gasteiger partial charge in [0.1, 0.15) is 0 Å². The number of hydrogen-bond acceptors (Lipinski definition) is 3. The molecule has 0 spiro atoms. The molecule has 0 bridgehead atoms. The van der Waals surface area contributed by atoms with Crippen molar-refractivity contribution in [1.29, 1.82) is 5.41 Å². The Kier molecular flexibility index (Phi) is 6.03. The van der Waals surface area contributed by atoms with Gasteiger partial charge in [-0.3, -0.25) is 10.2 Å². The third-order valence-electron chi connectivity index (χ3n) is 5.11. The summed E-state index contributed by atoms with van der Waals surface area (Å²) in [5.74, 6) is 1.59. The molecule has 0 aromatic carbocycles. The lowest BCUT2D eigenvalue weighted by Gasteiger charge is -2.33. The van der Waals surface area contributed by atoms with Gasteiger partial charge in [-0.15, -0.1) is 0 Å². The van der Waals surface area contributed by atoms with E-state index in [2.05, 4.69) is 10.2 Å². The Balaban J connectivity index is 1.68. The lowest BCUT2D eigenvalue weighted by atomic mass is 9.84. The highest BCUT2D eigenvalue weighted by Gasteiger charge is 2.27. The van der Waals surface area contributed by atoms with Gasteiger partial charge in [0.05, 0.1) is 11.9 Å². The molecule has 0 radical (unpaired) electrons. The van der Waals surface area contributed by atoms with Crippen LogP contribution in [0.25, 0.3) is 0 Å². The molecule has 1 amide bonds. The second kappa shape index (κ2) is 7.78. The average Bonchev–Trinajstić information content (AvgIpc) is 2.53. The number of carbonyl (C=O) groups is 1. The molecule has 5 nitrogen and oxygen atoms in total. The van der Waals surface area contributed by atoms with Crippen molar-refractivity contribution in [3.63, 3.8) is 0 Å². The number of likely N-dealkylation sites (tertiary alicyclic amines) is 1. The van der Waals surface area contributed by atoms with E-state index in [1.54, 1.807) is 0 Å². The minimum absolute atomic E-state index is 0.0348. The number of rotatable bonds is 4. The van der Waals surface area contributed by atoms with E-state index < -0.39 is 0 Å². The maximum absolute atomic E-state index is 12.2. The van der Waals surface area contributed by atoms with Gasteiger partial charge < -0.3 is 16.0 Å². The molecule has 0 aromatic heterocycles. The number of amidine groups is 1. The molecular formula is C16H30N4O. The van der Waals surface area contributed by atoms with Crippen molar-refractivity contribution in [3.8, 4) is 0 Å². The molecule has 1 saturated carbocycles. The summed E-state index contributed by atoms with van der Waals surface area (Å²) in [6.45, 7) is 4.45. The average molecular weight is 294 g/mol. The van der Waals surface area contributed by atoms with E-state index in [1.165, 1.54) is 19.3 Å². The Morgan fingerprint density at radius 2 is 1.86 bits per heavy atom. The fraction of sp³-hybridized carbons (Fsp3) is 0.875. The first-order valence-corrected chi connectivity index (χ1v) is 8.41. The summed E-state index contributed by atoms with van der Waals surface area (Å²) in [4.78, 5) is 14.3. The fourth-order valence-electron chi connectivity index (χ4n) is 3.54. The highest BCUT2D eigenvalue weighted by Crippen LogP contribution is 2.25. The molecule has 2 fully saturated rings. The zero-order valence-electron chi connectivity index (χ0n) is 13.2. The minimum Gasteiger partial charge on any atom is -0.361 e. The molecule has 1 saturated heterocycles. The molecule has 5 heteroatoms. The van der Waals surface area contributed by atoms with Crippen LogP contribution in [-0.2, 0) is 4.79 Å². The van der Waals surface area contributed by atoms with Crippen LogP contribution in [0.5, 0.6) is 0 Å². The largest absolute Gasteiger partial charge is 0.361 e. The number of carbonyl (C=O) groups excluding carboxylic acids is 1. The van der Waals surface area contributed by atoms with Crippen LogP contribution in [0, 0.1) is 17.2 Å². The van der Waals surface area contributed by atoms with E-state index in [-0.39, 0.29) is 11.9 Å². The number of nitrogens with two attached hydrogens (primary N) is 1. The van der Waals surface area contributed by atoms with Crippen molar-refractivity contribution in [3.05, 3.63) is 0 Å². The van der Waals surface area contributed by atoms with Crippen LogP contribution in [0.3, 0.4) is 0 Å². The summed E-state index contributed by atoms with van der Waals surface area (Å²) in [6.07, 6.45) is 8.03. The lowest BCUT2D eigenvalue weighted by Crippen LogP contribution is -2.48. The maximum Gasteiger partial charge on any atom is 0.237 e. The van der Waals surface area contributed by atoms with Gasteiger partial charge in [-0.2, -0.15) is 0 Å². The molecule has 1 aliphatic carbocycles. The van der Waals surface area contributed by atoms with Gasteiger partial charge >= 0.3 is 0 Å². The number of nitrogens with zero attached hydrogens (tertiary/aromatic N) is 1. The molecule has 1 heterocycles. The van der Waals surface area contributed by atoms with Crippen LogP contribution in [0.15, 0.2) is 0 Å². The Morgan fingerprint density at radius 1 is 1.24 bits per heavy atom. The predicted octanol–water partition coefficient (Wildman–Crippen LogP) is 1.72. The molecule has 120 valence electrons. The second-order valence-corrected chi connectivity index (χ2v) is 6.68. The number of hydrogen-bond donors (Lipinski definition) is 3. The van der Waals surface area contributed by atoms with E-state index in [4.69, 9.17) is 11.1 Å². The van der Waals surface area contributed by atoms with Crippen molar-refractivity contribution < 1.29 is 4.79 Å². The zero-order chi connectivity index (χ0) is 15.2. The summed E-state index contributed by atoms with van der Waals surface area (Å²) in [7, 11) is 0. The summed E-state index contributed by atoms with van der Waals surface area (Å²) < 4.78 is 0. The molecule has 0 unspecified atom stereocenters. The second-order valence-electron chi connectivity index (χ2n) is 6.68. The molecule has 1 aliphatic heterocycles. The van der Waals surface area contributed by atoms with Gasteiger partial charge in [-0.05, 0) is 44.4 Å². The zero-order valence-corrected chi connectivity index (χ0v) is 13.2. The van der Waals surface area contributed by atoms with Crippen LogP contribution in [0.1, 0.15) is 51.9 Å². The van der Waals surface area contributed by atoms with E-state index in [9.17, 15) is 4.79 Å². The molecule has 0 aromatic rings. The summed E-state index contributed by atoms with van der Waals surface area (Å²) >= 11 is 0. The third-order valence-corrected chi connectivity index (χ3v) is 5.11. The van der Waals surface area contributed by atoms with E-state index >= 15 is 0 Å². The topological polar surface area (TPSA) is 82.2 Å². The smallest absolute Gasteiger partial charge is 0.237 e. The van der Waals surface area contributed by atoms with Gasteiger partial charge in [0, 0.05) is 19.6 Å². The molecular weight excluding hydrogens is 264 g/mol. The molecule has 2 rings (SSSR count). The van der Waals surface area contributed by atoms with Gasteiger partial charge in [-0.1, -0.05) is 19.3 Å². The number of amides is 1. The monoisotopic (exact) mass is 294 g/mol. The first-order chi connectivity index (χ1) is 10.1. The highest BCUT2D eigenvalue weighted by atomic mass is 16.2. The van der Waals surface area contributed by atoms with Gasteiger partial charge in [0.25, 0.3) is 0 Å². The SMILES string of the molecule is CC(=N)N1CCC(CNC(=O)[C@@H](N)C2CCCCC2)CC1. The molecule has 2 aliphatic rings. The number of piperidine rings is 1. The third kappa shape index (κ3) is 4.70. The normalized spacial score (nSPS) is 22.9. The Labute approximate surface area is 128 Å². The summed E-state index contributed by atoms with van der Waals surface area (Å²) in [6, 6.07) is -0.325. The Morgan fingerprint density at radius 3 is 2.43 bits per heavy atom. The van der Waals surface area contributed by atoms with Gasteiger partial charge in [-0.25, -0.2) is 0 Å².